The van der Waals surface area contributed by atoms with Crippen molar-refractivity contribution in [2.75, 3.05) is 17.2 Å². The Labute approximate surface area is 105 Å². The zero-order valence-electron chi connectivity index (χ0n) is 9.84. The van der Waals surface area contributed by atoms with E-state index in [1.165, 1.54) is 0 Å². The van der Waals surface area contributed by atoms with Crippen LogP contribution in [0.2, 0.25) is 0 Å². The lowest BCUT2D eigenvalue weighted by molar-refractivity contribution is 0.0984. The van der Waals surface area contributed by atoms with Gasteiger partial charge < -0.3 is 10.6 Å². The van der Waals surface area contributed by atoms with Crippen molar-refractivity contribution in [3.63, 3.8) is 0 Å². The van der Waals surface area contributed by atoms with Crippen LogP contribution < -0.4 is 10.6 Å². The van der Waals surface area contributed by atoms with Gasteiger partial charge in [-0.15, -0.1) is 0 Å². The number of carbonyl (C=O) groups excluding carboxylic acids is 1. The molecule has 18 heavy (non-hydrogen) atoms. The van der Waals surface area contributed by atoms with Gasteiger partial charge in [0.2, 0.25) is 0 Å². The standard InChI is InChI=1S/C14H13N3O/c15-11-4-5-13-10(9-11)6-8-17(13)14(18)12-3-1-2-7-16-12/h1-5,7,9H,6,8,15H2. The second-order valence-corrected chi connectivity index (χ2v) is 4.31. The normalized spacial score (nSPS) is 13.4. The molecule has 1 aromatic heterocycles. The molecule has 2 aromatic rings. The Bertz CT molecular complexity index is 595. The average molecular weight is 239 g/mol. The van der Waals surface area contributed by atoms with Crippen LogP contribution >= 0.6 is 0 Å². The van der Waals surface area contributed by atoms with Crippen LogP contribution in [-0.2, 0) is 6.42 Å². The van der Waals surface area contributed by atoms with Crippen LogP contribution in [0.5, 0.6) is 0 Å². The second-order valence-electron chi connectivity index (χ2n) is 4.31. The predicted molar refractivity (Wildman–Crippen MR) is 70.5 cm³/mol. The first kappa shape index (κ1) is 10.8. The fourth-order valence-electron chi connectivity index (χ4n) is 2.26. The number of benzene rings is 1. The summed E-state index contributed by atoms with van der Waals surface area (Å²) in [7, 11) is 0. The maximum atomic E-state index is 12.3. The lowest BCUT2D eigenvalue weighted by Gasteiger charge is -2.16. The third kappa shape index (κ3) is 1.72. The van der Waals surface area contributed by atoms with E-state index >= 15 is 0 Å². The SMILES string of the molecule is Nc1ccc2c(c1)CCN2C(=O)c1ccccn1. The number of fused-ring (bicyclic) bond motifs is 1. The number of aromatic nitrogens is 1. The molecule has 1 aromatic carbocycles. The Morgan fingerprint density at radius 1 is 1.28 bits per heavy atom. The number of nitrogen functional groups attached to an aromatic ring is 1. The first-order chi connectivity index (χ1) is 8.75. The number of nitrogens with zero attached hydrogens (tertiary/aromatic N) is 2. The first-order valence-corrected chi connectivity index (χ1v) is 5.87. The molecular weight excluding hydrogens is 226 g/mol. The van der Waals surface area contributed by atoms with E-state index in [-0.39, 0.29) is 5.91 Å². The van der Waals surface area contributed by atoms with Crippen molar-refractivity contribution in [1.82, 2.24) is 4.98 Å². The molecule has 0 spiro atoms. The van der Waals surface area contributed by atoms with Crippen molar-refractivity contribution in [2.24, 2.45) is 0 Å². The molecule has 0 aliphatic carbocycles. The van der Waals surface area contributed by atoms with Crippen molar-refractivity contribution in [2.45, 2.75) is 6.42 Å². The third-order valence-corrected chi connectivity index (χ3v) is 3.13. The highest BCUT2D eigenvalue weighted by molar-refractivity contribution is 6.06. The van der Waals surface area contributed by atoms with E-state index < -0.39 is 0 Å². The summed E-state index contributed by atoms with van der Waals surface area (Å²) in [4.78, 5) is 18.2. The molecule has 0 radical (unpaired) electrons. The van der Waals surface area contributed by atoms with E-state index in [4.69, 9.17) is 5.73 Å². The van der Waals surface area contributed by atoms with Gasteiger partial charge in [0.05, 0.1) is 0 Å². The Balaban J connectivity index is 1.95. The largest absolute Gasteiger partial charge is 0.399 e. The number of hydrogen-bond acceptors (Lipinski definition) is 3. The van der Waals surface area contributed by atoms with Crippen LogP contribution in [0.1, 0.15) is 16.1 Å². The number of rotatable bonds is 1. The van der Waals surface area contributed by atoms with Gasteiger partial charge in [0.15, 0.2) is 0 Å². The first-order valence-electron chi connectivity index (χ1n) is 5.87. The molecule has 0 fully saturated rings. The highest BCUT2D eigenvalue weighted by atomic mass is 16.2. The molecule has 4 nitrogen and oxygen atoms in total. The maximum absolute atomic E-state index is 12.3. The molecule has 0 bridgehead atoms. The Morgan fingerprint density at radius 3 is 2.94 bits per heavy atom. The molecule has 0 unspecified atom stereocenters. The van der Waals surface area contributed by atoms with E-state index in [1.54, 1.807) is 23.2 Å². The van der Waals surface area contributed by atoms with Gasteiger partial charge >= 0.3 is 0 Å². The van der Waals surface area contributed by atoms with Crippen LogP contribution in [0.4, 0.5) is 11.4 Å². The molecule has 2 heterocycles. The number of carbonyl (C=O) groups is 1. The van der Waals surface area contributed by atoms with Crippen LogP contribution in [-0.4, -0.2) is 17.4 Å². The topological polar surface area (TPSA) is 59.2 Å². The number of anilines is 2. The molecule has 2 N–H and O–H groups in total. The van der Waals surface area contributed by atoms with Crippen molar-refractivity contribution in [3.05, 3.63) is 53.9 Å². The summed E-state index contributed by atoms with van der Waals surface area (Å²) in [5.74, 6) is -0.0564. The monoisotopic (exact) mass is 239 g/mol. The van der Waals surface area contributed by atoms with Gasteiger partial charge in [-0.3, -0.25) is 9.78 Å². The summed E-state index contributed by atoms with van der Waals surface area (Å²) in [6.45, 7) is 0.689. The summed E-state index contributed by atoms with van der Waals surface area (Å²) in [6.07, 6.45) is 2.48. The Morgan fingerprint density at radius 2 is 2.17 bits per heavy atom. The zero-order chi connectivity index (χ0) is 12.5. The van der Waals surface area contributed by atoms with Crippen molar-refractivity contribution in [1.29, 1.82) is 0 Å². The van der Waals surface area contributed by atoms with Crippen LogP contribution in [0.25, 0.3) is 0 Å². The molecule has 3 rings (SSSR count). The van der Waals surface area contributed by atoms with Gasteiger partial charge in [0.1, 0.15) is 5.69 Å². The van der Waals surface area contributed by atoms with Gasteiger partial charge in [-0.1, -0.05) is 6.07 Å². The summed E-state index contributed by atoms with van der Waals surface area (Å²) < 4.78 is 0. The number of hydrogen-bond donors (Lipinski definition) is 1. The summed E-state index contributed by atoms with van der Waals surface area (Å²) in [6, 6.07) is 11.0. The lowest BCUT2D eigenvalue weighted by atomic mass is 10.1. The number of pyridine rings is 1. The Hall–Kier alpha value is -2.36. The minimum atomic E-state index is -0.0564. The van der Waals surface area contributed by atoms with Gasteiger partial charge in [-0.05, 0) is 42.3 Å². The van der Waals surface area contributed by atoms with Gasteiger partial charge in [0, 0.05) is 24.1 Å². The molecule has 0 atom stereocenters. The van der Waals surface area contributed by atoms with Gasteiger partial charge in [-0.2, -0.15) is 0 Å². The molecular formula is C14H13N3O. The zero-order valence-corrected chi connectivity index (χ0v) is 9.84. The molecule has 1 amide bonds. The lowest BCUT2D eigenvalue weighted by Crippen LogP contribution is -2.29. The fraction of sp³-hybridized carbons (Fsp3) is 0.143. The van der Waals surface area contributed by atoms with Crippen molar-refractivity contribution < 1.29 is 4.79 Å². The molecule has 0 saturated carbocycles. The minimum absolute atomic E-state index is 0.0564. The van der Waals surface area contributed by atoms with Gasteiger partial charge in [0.25, 0.3) is 5.91 Å². The summed E-state index contributed by atoms with van der Waals surface area (Å²) >= 11 is 0. The van der Waals surface area contributed by atoms with E-state index in [0.29, 0.717) is 12.2 Å². The van der Waals surface area contributed by atoms with Crippen LogP contribution in [0.3, 0.4) is 0 Å². The second kappa shape index (κ2) is 4.14. The molecule has 90 valence electrons. The van der Waals surface area contributed by atoms with E-state index in [1.807, 2.05) is 24.3 Å². The number of nitrogens with two attached hydrogens (primary N) is 1. The van der Waals surface area contributed by atoms with E-state index in [2.05, 4.69) is 4.98 Å². The third-order valence-electron chi connectivity index (χ3n) is 3.13. The van der Waals surface area contributed by atoms with Crippen molar-refractivity contribution >= 4 is 17.3 Å². The Kier molecular flexibility index (Phi) is 2.48. The van der Waals surface area contributed by atoms with Crippen molar-refractivity contribution in [3.8, 4) is 0 Å². The molecule has 1 aliphatic rings. The van der Waals surface area contributed by atoms with E-state index in [0.717, 1.165) is 23.4 Å². The van der Waals surface area contributed by atoms with Crippen LogP contribution in [0.15, 0.2) is 42.6 Å². The van der Waals surface area contributed by atoms with Crippen LogP contribution in [0, 0.1) is 0 Å². The highest BCUT2D eigenvalue weighted by Crippen LogP contribution is 2.30. The van der Waals surface area contributed by atoms with Gasteiger partial charge in [-0.25, -0.2) is 0 Å². The predicted octanol–water partition coefficient (Wildman–Crippen LogP) is 1.87. The molecule has 4 heteroatoms. The highest BCUT2D eigenvalue weighted by Gasteiger charge is 2.25. The summed E-state index contributed by atoms with van der Waals surface area (Å²) in [5, 5.41) is 0. The quantitative estimate of drug-likeness (QED) is 0.773. The molecule has 1 aliphatic heterocycles. The minimum Gasteiger partial charge on any atom is -0.399 e. The molecule has 0 saturated heterocycles. The fourth-order valence-corrected chi connectivity index (χ4v) is 2.26. The average Bonchev–Trinajstić information content (AvgIpc) is 2.81. The summed E-state index contributed by atoms with van der Waals surface area (Å²) in [5.41, 5.74) is 9.03. The van der Waals surface area contributed by atoms with E-state index in [9.17, 15) is 4.79 Å². The smallest absolute Gasteiger partial charge is 0.276 e. The maximum Gasteiger partial charge on any atom is 0.276 e. The number of amides is 1.